The molecule has 0 aliphatic carbocycles. The first kappa shape index (κ1) is 18.2. The molecule has 1 saturated heterocycles. The van der Waals surface area contributed by atoms with Crippen LogP contribution < -0.4 is 15.1 Å². The molecule has 0 radical (unpaired) electrons. The molecule has 0 bridgehead atoms. The molecule has 0 saturated carbocycles. The number of barbiturate groups is 1. The number of nitrogens with zero attached hydrogens (tertiary/aromatic N) is 2. The molecule has 4 amide bonds. The summed E-state index contributed by atoms with van der Waals surface area (Å²) < 4.78 is 0. The molecule has 2 heterocycles. The smallest absolute Gasteiger partial charge is 0.335 e. The zero-order chi connectivity index (χ0) is 20.2. The lowest BCUT2D eigenvalue weighted by molar-refractivity contribution is -0.142. The van der Waals surface area contributed by atoms with Crippen molar-refractivity contribution >= 4 is 29.2 Å². The molecule has 1 atom stereocenters. The molecule has 0 aromatic heterocycles. The van der Waals surface area contributed by atoms with Gasteiger partial charge in [-0.2, -0.15) is 0 Å². The lowest BCUT2D eigenvalue weighted by Crippen LogP contribution is -2.68. The fourth-order valence-electron chi connectivity index (χ4n) is 4.27. The van der Waals surface area contributed by atoms with E-state index in [2.05, 4.69) is 5.32 Å². The number of urea groups is 1. The van der Waals surface area contributed by atoms with E-state index in [4.69, 9.17) is 0 Å². The first-order valence-electron chi connectivity index (χ1n) is 9.31. The topological polar surface area (TPSA) is 69.7 Å². The highest BCUT2D eigenvalue weighted by Crippen LogP contribution is 2.41. The number of carbonyl (C=O) groups is 3. The average molecular weight is 377 g/mol. The third kappa shape index (κ3) is 2.52. The number of aryl methyl sites for hydroxylation is 2. The van der Waals surface area contributed by atoms with Gasteiger partial charge in [-0.3, -0.25) is 14.9 Å². The third-order valence-electron chi connectivity index (χ3n) is 5.93. The summed E-state index contributed by atoms with van der Waals surface area (Å²) in [6.45, 7) is 6.01. The Bertz CT molecular complexity index is 1030. The van der Waals surface area contributed by atoms with Crippen molar-refractivity contribution in [2.75, 3.05) is 23.4 Å². The number of rotatable bonds is 1. The van der Waals surface area contributed by atoms with Gasteiger partial charge in [0.2, 0.25) is 5.91 Å². The second-order valence-electron chi connectivity index (χ2n) is 7.87. The minimum atomic E-state index is -1.33. The lowest BCUT2D eigenvalue weighted by Gasteiger charge is -2.45. The van der Waals surface area contributed by atoms with E-state index in [0.29, 0.717) is 5.69 Å². The Balaban J connectivity index is 1.83. The highest BCUT2D eigenvalue weighted by molar-refractivity contribution is 6.30. The first-order chi connectivity index (χ1) is 13.2. The second-order valence-corrected chi connectivity index (χ2v) is 7.87. The number of imide groups is 2. The number of anilines is 2. The molecule has 1 N–H and O–H groups in total. The Morgan fingerprint density at radius 3 is 2.50 bits per heavy atom. The molecule has 0 unspecified atom stereocenters. The summed E-state index contributed by atoms with van der Waals surface area (Å²) in [7, 11) is 1.87. The van der Waals surface area contributed by atoms with Crippen LogP contribution in [0.25, 0.3) is 0 Å². The molecule has 28 heavy (non-hydrogen) atoms. The van der Waals surface area contributed by atoms with E-state index in [1.807, 2.05) is 63.1 Å². The summed E-state index contributed by atoms with van der Waals surface area (Å²) in [5.74, 6) is -0.989. The minimum absolute atomic E-state index is 0.225. The molecular formula is C22H23N3O3. The van der Waals surface area contributed by atoms with Gasteiger partial charge in [0, 0.05) is 19.3 Å². The van der Waals surface area contributed by atoms with Crippen LogP contribution in [-0.2, 0) is 16.0 Å². The number of carbonyl (C=O) groups excluding carboxylic acids is 3. The van der Waals surface area contributed by atoms with Gasteiger partial charge in [0.25, 0.3) is 5.91 Å². The van der Waals surface area contributed by atoms with Crippen molar-refractivity contribution in [1.29, 1.82) is 0 Å². The second kappa shape index (κ2) is 6.19. The summed E-state index contributed by atoms with van der Waals surface area (Å²) in [4.78, 5) is 42.3. The van der Waals surface area contributed by atoms with Crippen LogP contribution in [-0.4, -0.2) is 31.4 Å². The maximum absolute atomic E-state index is 13.6. The predicted molar refractivity (Wildman–Crippen MR) is 108 cm³/mol. The van der Waals surface area contributed by atoms with E-state index >= 15 is 0 Å². The molecular weight excluding hydrogens is 354 g/mol. The number of fused-ring (bicyclic) bond motifs is 1. The Hall–Kier alpha value is -3.15. The highest BCUT2D eigenvalue weighted by atomic mass is 16.2. The van der Waals surface area contributed by atoms with E-state index in [0.717, 1.165) is 32.8 Å². The molecule has 1 fully saturated rings. The molecule has 2 aromatic rings. The van der Waals surface area contributed by atoms with Crippen LogP contribution in [0.1, 0.15) is 22.3 Å². The van der Waals surface area contributed by atoms with Gasteiger partial charge in [0.05, 0.1) is 5.69 Å². The summed E-state index contributed by atoms with van der Waals surface area (Å²) in [5.41, 5.74) is 4.02. The van der Waals surface area contributed by atoms with Crippen molar-refractivity contribution < 1.29 is 14.4 Å². The largest absolute Gasteiger partial charge is 0.373 e. The van der Waals surface area contributed by atoms with Gasteiger partial charge < -0.3 is 4.90 Å². The predicted octanol–water partition coefficient (Wildman–Crippen LogP) is 2.87. The standard InChI is InChI=1S/C22H23N3O3/c1-13-8-9-18-16(10-13)11-22(12-24(18)4)19(26)23-21(28)25(20(22)27)17-7-5-6-14(2)15(17)3/h5-10H,11-12H2,1-4H3,(H,23,26,28)/t22-/m0/s1. The molecule has 6 heteroatoms. The normalized spacial score (nSPS) is 21.8. The van der Waals surface area contributed by atoms with Gasteiger partial charge in [-0.1, -0.05) is 29.8 Å². The monoisotopic (exact) mass is 377 g/mol. The number of hydrogen-bond donors (Lipinski definition) is 1. The zero-order valence-electron chi connectivity index (χ0n) is 16.5. The molecule has 144 valence electrons. The fourth-order valence-corrected chi connectivity index (χ4v) is 4.27. The zero-order valence-corrected chi connectivity index (χ0v) is 16.5. The highest BCUT2D eigenvalue weighted by Gasteiger charge is 2.56. The van der Waals surface area contributed by atoms with Crippen LogP contribution in [0, 0.1) is 26.2 Å². The lowest BCUT2D eigenvalue weighted by atomic mass is 9.74. The molecule has 2 aliphatic heterocycles. The molecule has 2 aromatic carbocycles. The maximum atomic E-state index is 13.6. The molecule has 1 spiro atoms. The van der Waals surface area contributed by atoms with E-state index in [9.17, 15) is 14.4 Å². The quantitative estimate of drug-likeness (QED) is 0.776. The van der Waals surface area contributed by atoms with Crippen LogP contribution in [0.15, 0.2) is 36.4 Å². The van der Waals surface area contributed by atoms with Gasteiger partial charge in [0.1, 0.15) is 0 Å². The average Bonchev–Trinajstić information content (AvgIpc) is 2.63. The van der Waals surface area contributed by atoms with E-state index in [-0.39, 0.29) is 13.0 Å². The summed E-state index contributed by atoms with van der Waals surface area (Å²) >= 11 is 0. The Morgan fingerprint density at radius 1 is 1.00 bits per heavy atom. The molecule has 2 aliphatic rings. The summed E-state index contributed by atoms with van der Waals surface area (Å²) in [5, 5.41) is 2.43. The Labute approximate surface area is 164 Å². The number of nitrogens with one attached hydrogen (secondary N) is 1. The van der Waals surface area contributed by atoms with E-state index in [1.54, 1.807) is 6.07 Å². The van der Waals surface area contributed by atoms with Crippen LogP contribution in [0.2, 0.25) is 0 Å². The number of amides is 4. The third-order valence-corrected chi connectivity index (χ3v) is 5.93. The summed E-state index contributed by atoms with van der Waals surface area (Å²) in [6.07, 6.45) is 0.271. The van der Waals surface area contributed by atoms with Crippen molar-refractivity contribution in [3.05, 3.63) is 58.7 Å². The molecule has 4 rings (SSSR count). The first-order valence-corrected chi connectivity index (χ1v) is 9.31. The van der Waals surface area contributed by atoms with Crippen molar-refractivity contribution in [3.63, 3.8) is 0 Å². The van der Waals surface area contributed by atoms with Crippen LogP contribution in [0.3, 0.4) is 0 Å². The van der Waals surface area contributed by atoms with Crippen molar-refractivity contribution in [2.24, 2.45) is 5.41 Å². The Morgan fingerprint density at radius 2 is 1.75 bits per heavy atom. The van der Waals surface area contributed by atoms with Crippen LogP contribution in [0.4, 0.5) is 16.2 Å². The van der Waals surface area contributed by atoms with Crippen LogP contribution >= 0.6 is 0 Å². The fraction of sp³-hybridized carbons (Fsp3) is 0.318. The summed E-state index contributed by atoms with van der Waals surface area (Å²) in [6, 6.07) is 10.8. The van der Waals surface area contributed by atoms with Gasteiger partial charge in [0.15, 0.2) is 5.41 Å². The van der Waals surface area contributed by atoms with Crippen LogP contribution in [0.5, 0.6) is 0 Å². The van der Waals surface area contributed by atoms with Crippen molar-refractivity contribution in [3.8, 4) is 0 Å². The Kier molecular flexibility index (Phi) is 4.03. The van der Waals surface area contributed by atoms with Gasteiger partial charge in [-0.05, 0) is 56.0 Å². The SMILES string of the molecule is Cc1ccc2c(c1)C[C@]1(CN2C)C(=O)NC(=O)N(c2cccc(C)c2C)C1=O. The van der Waals surface area contributed by atoms with E-state index in [1.165, 1.54) is 0 Å². The van der Waals surface area contributed by atoms with Gasteiger partial charge >= 0.3 is 6.03 Å². The van der Waals surface area contributed by atoms with Crippen molar-refractivity contribution in [1.82, 2.24) is 5.32 Å². The van der Waals surface area contributed by atoms with E-state index < -0.39 is 23.3 Å². The van der Waals surface area contributed by atoms with Gasteiger partial charge in [-0.25, -0.2) is 9.69 Å². The molecule has 6 nitrogen and oxygen atoms in total. The van der Waals surface area contributed by atoms with Crippen molar-refractivity contribution in [2.45, 2.75) is 27.2 Å². The maximum Gasteiger partial charge on any atom is 0.335 e. The van der Waals surface area contributed by atoms with Gasteiger partial charge in [-0.15, -0.1) is 0 Å². The number of hydrogen-bond acceptors (Lipinski definition) is 4. The number of benzene rings is 2. The minimum Gasteiger partial charge on any atom is -0.373 e.